The van der Waals surface area contributed by atoms with E-state index in [0.717, 1.165) is 17.8 Å². The van der Waals surface area contributed by atoms with E-state index >= 15 is 0 Å². The maximum absolute atomic E-state index is 12.8. The summed E-state index contributed by atoms with van der Waals surface area (Å²) in [5.74, 6) is -0.349. The molecule has 0 aromatic heterocycles. The molecule has 2 rings (SSSR count). The van der Waals surface area contributed by atoms with Gasteiger partial charge >= 0.3 is 16.2 Å². The van der Waals surface area contributed by atoms with Crippen LogP contribution in [0.3, 0.4) is 0 Å². The van der Waals surface area contributed by atoms with Crippen LogP contribution in [0, 0.1) is 0 Å². The zero-order valence-corrected chi connectivity index (χ0v) is 16.0. The third kappa shape index (κ3) is 5.85. The van der Waals surface area contributed by atoms with E-state index in [1.165, 1.54) is 19.1 Å². The van der Waals surface area contributed by atoms with Crippen molar-refractivity contribution in [1.82, 2.24) is 0 Å². The second kappa shape index (κ2) is 8.72. The van der Waals surface area contributed by atoms with E-state index in [0.29, 0.717) is 17.9 Å². The fraction of sp³-hybridized carbons (Fsp3) is 0.278. The van der Waals surface area contributed by atoms with Gasteiger partial charge in [-0.1, -0.05) is 0 Å². The van der Waals surface area contributed by atoms with E-state index in [2.05, 4.69) is 10.2 Å². The average Bonchev–Trinajstić information content (AvgIpc) is 2.60. The van der Waals surface area contributed by atoms with Crippen LogP contribution < -0.4 is 4.90 Å². The lowest BCUT2D eigenvalue weighted by Crippen LogP contribution is -2.36. The molecule has 2 aromatic carbocycles. The summed E-state index contributed by atoms with van der Waals surface area (Å²) in [6.07, 6.45) is -0.398. The SMILES string of the molecule is CCN(c1ccc(/N=N/c2ccc(S(=O)(=O)F)cc2)cc1)C(C)OC(C)=O. The number of nitrogens with zero attached hydrogens (tertiary/aromatic N) is 3. The van der Waals surface area contributed by atoms with Gasteiger partial charge in [0.1, 0.15) is 0 Å². The van der Waals surface area contributed by atoms with Crippen molar-refractivity contribution in [1.29, 1.82) is 0 Å². The number of halogens is 1. The molecule has 1 atom stereocenters. The first kappa shape index (κ1) is 20.5. The fourth-order valence-electron chi connectivity index (χ4n) is 2.46. The number of anilines is 1. The Bertz CT molecular complexity index is 913. The fourth-order valence-corrected chi connectivity index (χ4v) is 2.92. The maximum Gasteiger partial charge on any atom is 0.332 e. The van der Waals surface area contributed by atoms with Gasteiger partial charge in [0, 0.05) is 19.2 Å². The quantitative estimate of drug-likeness (QED) is 0.299. The Kier molecular flexibility index (Phi) is 6.62. The molecule has 0 saturated carbocycles. The zero-order valence-electron chi connectivity index (χ0n) is 15.2. The molecule has 0 amide bonds. The third-order valence-corrected chi connectivity index (χ3v) is 4.53. The van der Waals surface area contributed by atoms with Gasteiger partial charge in [-0.2, -0.15) is 18.6 Å². The molecule has 0 aliphatic heterocycles. The minimum atomic E-state index is -4.73. The molecule has 144 valence electrons. The van der Waals surface area contributed by atoms with Crippen LogP contribution in [-0.2, 0) is 19.8 Å². The maximum atomic E-state index is 12.8. The molecule has 0 heterocycles. The topological polar surface area (TPSA) is 88.4 Å². The van der Waals surface area contributed by atoms with Crippen molar-refractivity contribution < 1.29 is 21.8 Å². The number of carbonyl (C=O) groups excluding carboxylic acids is 1. The minimum absolute atomic E-state index is 0.349. The second-order valence-electron chi connectivity index (χ2n) is 5.64. The predicted molar refractivity (Wildman–Crippen MR) is 99.6 cm³/mol. The Labute approximate surface area is 157 Å². The van der Waals surface area contributed by atoms with Crippen molar-refractivity contribution >= 4 is 33.3 Å². The molecule has 2 aromatic rings. The molecule has 1 unspecified atom stereocenters. The largest absolute Gasteiger partial charge is 0.442 e. The molecule has 0 spiro atoms. The number of rotatable bonds is 7. The van der Waals surface area contributed by atoms with Crippen LogP contribution >= 0.6 is 0 Å². The van der Waals surface area contributed by atoms with Crippen LogP contribution in [0.5, 0.6) is 0 Å². The van der Waals surface area contributed by atoms with Gasteiger partial charge in [0.15, 0.2) is 6.23 Å². The standard InChI is InChI=1S/C18H20FN3O4S/c1-4-22(13(2)26-14(3)23)17-9-5-15(6-10-17)20-21-16-7-11-18(12-8-16)27(19,24)25/h5-13H,4H2,1-3H3/b21-20+. The Morgan fingerprint density at radius 3 is 1.96 bits per heavy atom. The van der Waals surface area contributed by atoms with E-state index < -0.39 is 21.3 Å². The van der Waals surface area contributed by atoms with Crippen LogP contribution in [0.15, 0.2) is 63.7 Å². The highest BCUT2D eigenvalue weighted by molar-refractivity contribution is 7.86. The number of benzene rings is 2. The summed E-state index contributed by atoms with van der Waals surface area (Å²) < 4.78 is 39.6. The minimum Gasteiger partial charge on any atom is -0.442 e. The van der Waals surface area contributed by atoms with Crippen LogP contribution in [0.2, 0.25) is 0 Å². The number of hydrogen-bond donors (Lipinski definition) is 0. The first-order valence-corrected chi connectivity index (χ1v) is 9.59. The van der Waals surface area contributed by atoms with E-state index in [1.807, 2.05) is 24.0 Å². The number of ether oxygens (including phenoxy) is 1. The summed E-state index contributed by atoms with van der Waals surface area (Å²) in [7, 11) is -4.73. The molecule has 0 N–H and O–H groups in total. The Hall–Kier alpha value is -2.81. The van der Waals surface area contributed by atoms with E-state index in [-0.39, 0.29) is 5.97 Å². The first-order chi connectivity index (χ1) is 12.7. The van der Waals surface area contributed by atoms with Gasteiger partial charge in [0.2, 0.25) is 0 Å². The summed E-state index contributed by atoms with van der Waals surface area (Å²) in [6, 6.07) is 12.1. The predicted octanol–water partition coefficient (Wildman–Crippen LogP) is 4.50. The van der Waals surface area contributed by atoms with Gasteiger partial charge in [-0.15, -0.1) is 3.89 Å². The lowest BCUT2D eigenvalue weighted by atomic mass is 10.2. The van der Waals surface area contributed by atoms with Crippen molar-refractivity contribution in [2.75, 3.05) is 11.4 Å². The van der Waals surface area contributed by atoms with Gasteiger partial charge < -0.3 is 9.64 Å². The zero-order chi connectivity index (χ0) is 20.0. The smallest absolute Gasteiger partial charge is 0.332 e. The van der Waals surface area contributed by atoms with E-state index in [4.69, 9.17) is 4.74 Å². The summed E-state index contributed by atoms with van der Waals surface area (Å²) in [5.41, 5.74) is 1.84. The van der Waals surface area contributed by atoms with Gasteiger partial charge in [0.25, 0.3) is 0 Å². The van der Waals surface area contributed by atoms with Crippen LogP contribution in [0.4, 0.5) is 20.9 Å². The van der Waals surface area contributed by atoms with Gasteiger partial charge in [-0.25, -0.2) is 0 Å². The van der Waals surface area contributed by atoms with E-state index in [9.17, 15) is 17.1 Å². The lowest BCUT2D eigenvalue weighted by molar-refractivity contribution is -0.145. The van der Waals surface area contributed by atoms with Crippen molar-refractivity contribution in [3.05, 3.63) is 48.5 Å². The third-order valence-electron chi connectivity index (χ3n) is 3.70. The molecule has 0 fully saturated rings. The molecule has 0 radical (unpaired) electrons. The molecular formula is C18H20FN3O4S. The monoisotopic (exact) mass is 393 g/mol. The number of hydrogen-bond acceptors (Lipinski definition) is 7. The second-order valence-corrected chi connectivity index (χ2v) is 6.99. The number of azo groups is 1. The van der Waals surface area contributed by atoms with Crippen LogP contribution in [-0.4, -0.2) is 27.2 Å². The van der Waals surface area contributed by atoms with Crippen molar-refractivity contribution in [2.24, 2.45) is 10.2 Å². The molecule has 7 nitrogen and oxygen atoms in total. The van der Waals surface area contributed by atoms with Gasteiger partial charge in [0.05, 0.1) is 16.3 Å². The molecule has 0 bridgehead atoms. The number of carbonyl (C=O) groups is 1. The molecule has 27 heavy (non-hydrogen) atoms. The van der Waals surface area contributed by atoms with Crippen LogP contribution in [0.25, 0.3) is 0 Å². The Balaban J connectivity index is 2.10. The summed E-state index contributed by atoms with van der Waals surface area (Å²) in [6.45, 7) is 5.76. The van der Waals surface area contributed by atoms with Crippen molar-refractivity contribution in [3.63, 3.8) is 0 Å². The normalized spacial score (nSPS) is 12.7. The summed E-state index contributed by atoms with van der Waals surface area (Å²) in [5, 5.41) is 8.06. The highest BCUT2D eigenvalue weighted by Gasteiger charge is 2.15. The Morgan fingerprint density at radius 2 is 1.56 bits per heavy atom. The molecule has 9 heteroatoms. The average molecular weight is 393 g/mol. The summed E-state index contributed by atoms with van der Waals surface area (Å²) in [4.78, 5) is 12.6. The van der Waals surface area contributed by atoms with Gasteiger partial charge in [-0.05, 0) is 62.4 Å². The highest BCUT2D eigenvalue weighted by atomic mass is 32.3. The van der Waals surface area contributed by atoms with Crippen molar-refractivity contribution in [3.8, 4) is 0 Å². The highest BCUT2D eigenvalue weighted by Crippen LogP contribution is 2.24. The van der Waals surface area contributed by atoms with Crippen molar-refractivity contribution in [2.45, 2.75) is 31.9 Å². The molecule has 0 saturated heterocycles. The van der Waals surface area contributed by atoms with Crippen LogP contribution in [0.1, 0.15) is 20.8 Å². The first-order valence-electron chi connectivity index (χ1n) is 8.21. The Morgan fingerprint density at radius 1 is 1.07 bits per heavy atom. The van der Waals surface area contributed by atoms with E-state index in [1.54, 1.807) is 19.1 Å². The molecule has 0 aliphatic rings. The summed E-state index contributed by atoms with van der Waals surface area (Å²) >= 11 is 0. The molecular weight excluding hydrogens is 373 g/mol. The lowest BCUT2D eigenvalue weighted by Gasteiger charge is -2.29. The molecule has 0 aliphatic carbocycles. The van der Waals surface area contributed by atoms with Gasteiger partial charge in [-0.3, -0.25) is 4.79 Å². The number of esters is 1.